The number of para-hydroxylation sites is 1. The van der Waals surface area contributed by atoms with Crippen LogP contribution in [0, 0.1) is 0 Å². The second-order valence-electron chi connectivity index (χ2n) is 5.40. The van der Waals surface area contributed by atoms with Crippen molar-refractivity contribution in [1.29, 1.82) is 0 Å². The van der Waals surface area contributed by atoms with Gasteiger partial charge < -0.3 is 19.9 Å². The largest absolute Gasteiger partial charge is 0.497 e. The lowest BCUT2D eigenvalue weighted by molar-refractivity contribution is -0.139. The number of nitrogens with zero attached hydrogens (tertiary/aromatic N) is 1. The molecule has 0 spiro atoms. The van der Waals surface area contributed by atoms with Crippen LogP contribution in [0.5, 0.6) is 11.5 Å². The fourth-order valence-corrected chi connectivity index (χ4v) is 3.10. The first-order chi connectivity index (χ1) is 13.0. The van der Waals surface area contributed by atoms with E-state index in [1.165, 1.54) is 11.8 Å². The summed E-state index contributed by atoms with van der Waals surface area (Å²) in [5, 5.41) is 11.9. The number of thioether (sulfide) groups is 1. The van der Waals surface area contributed by atoms with Crippen molar-refractivity contribution in [1.82, 2.24) is 5.32 Å². The quantitative estimate of drug-likeness (QED) is 0.743. The molecule has 27 heavy (non-hydrogen) atoms. The number of hydrogen-bond acceptors (Lipinski definition) is 6. The number of carbonyl (C=O) groups is 2. The molecule has 138 valence electrons. The third-order valence-corrected chi connectivity index (χ3v) is 4.42. The minimum atomic E-state index is -1.07. The summed E-state index contributed by atoms with van der Waals surface area (Å²) in [5.74, 6) is -0.235. The Hall–Kier alpha value is -3.26. The number of carboxylic acid groups (broad SMARTS) is 1. The van der Waals surface area contributed by atoms with Crippen LogP contribution < -0.4 is 14.8 Å². The number of rotatable bonds is 6. The number of aliphatic imine (C=N–C) groups is 1. The molecule has 7 nitrogen and oxygen atoms in total. The molecule has 0 aromatic heterocycles. The van der Waals surface area contributed by atoms with Crippen LogP contribution in [0.15, 0.2) is 58.4 Å². The van der Waals surface area contributed by atoms with E-state index in [0.29, 0.717) is 27.1 Å². The van der Waals surface area contributed by atoms with Gasteiger partial charge in [0.05, 0.1) is 17.7 Å². The van der Waals surface area contributed by atoms with Gasteiger partial charge in [-0.1, -0.05) is 18.2 Å². The fourth-order valence-electron chi connectivity index (χ4n) is 2.27. The van der Waals surface area contributed by atoms with Gasteiger partial charge in [0.25, 0.3) is 5.91 Å². The minimum absolute atomic E-state index is 0.278. The zero-order valence-corrected chi connectivity index (χ0v) is 15.2. The molecule has 1 aliphatic rings. The third-order valence-electron chi connectivity index (χ3n) is 3.51. The zero-order valence-electron chi connectivity index (χ0n) is 14.3. The van der Waals surface area contributed by atoms with E-state index in [1.807, 2.05) is 0 Å². The van der Waals surface area contributed by atoms with Crippen LogP contribution in [-0.2, 0) is 9.59 Å². The molecule has 0 bridgehead atoms. The molecule has 0 atom stereocenters. The molecule has 1 aliphatic heterocycles. The molecular formula is C19H16N2O5S. The van der Waals surface area contributed by atoms with E-state index >= 15 is 0 Å². The lowest BCUT2D eigenvalue weighted by Gasteiger charge is -2.06. The summed E-state index contributed by atoms with van der Waals surface area (Å²) in [7, 11) is 1.59. The maximum absolute atomic E-state index is 12.2. The van der Waals surface area contributed by atoms with Gasteiger partial charge in [-0.15, -0.1) is 0 Å². The number of methoxy groups -OCH3 is 1. The van der Waals surface area contributed by atoms with E-state index in [-0.39, 0.29) is 5.91 Å². The van der Waals surface area contributed by atoms with E-state index in [2.05, 4.69) is 10.3 Å². The number of aliphatic carboxylic acids is 1. The van der Waals surface area contributed by atoms with Crippen molar-refractivity contribution in [2.45, 2.75) is 0 Å². The van der Waals surface area contributed by atoms with Crippen LogP contribution in [0.1, 0.15) is 5.56 Å². The van der Waals surface area contributed by atoms with Crippen LogP contribution in [-0.4, -0.2) is 35.9 Å². The first kappa shape index (κ1) is 18.5. The average Bonchev–Trinajstić information content (AvgIpc) is 3.00. The SMILES string of the molecule is COc1ccc(N=C2NC(=O)/C(=C\c3ccccc3OCC(=O)O)S2)cc1. The van der Waals surface area contributed by atoms with Gasteiger partial charge in [-0.2, -0.15) is 0 Å². The second-order valence-corrected chi connectivity index (χ2v) is 6.43. The molecule has 3 rings (SSSR count). The number of amidine groups is 1. The van der Waals surface area contributed by atoms with Crippen LogP contribution in [0.25, 0.3) is 6.08 Å². The van der Waals surface area contributed by atoms with E-state index in [9.17, 15) is 9.59 Å². The van der Waals surface area contributed by atoms with Crippen molar-refractivity contribution in [3.8, 4) is 11.5 Å². The Kier molecular flexibility index (Phi) is 5.77. The fraction of sp³-hybridized carbons (Fsp3) is 0.105. The first-order valence-corrected chi connectivity index (χ1v) is 8.74. The normalized spacial score (nSPS) is 16.4. The summed E-state index contributed by atoms with van der Waals surface area (Å²) in [5.41, 5.74) is 1.30. The maximum atomic E-state index is 12.2. The van der Waals surface area contributed by atoms with Gasteiger partial charge in [-0.3, -0.25) is 4.79 Å². The van der Waals surface area contributed by atoms with Crippen molar-refractivity contribution in [3.63, 3.8) is 0 Å². The maximum Gasteiger partial charge on any atom is 0.341 e. The van der Waals surface area contributed by atoms with E-state index in [4.69, 9.17) is 14.6 Å². The monoisotopic (exact) mass is 384 g/mol. The predicted molar refractivity (Wildman–Crippen MR) is 103 cm³/mol. The van der Waals surface area contributed by atoms with Crippen molar-refractivity contribution < 1.29 is 24.2 Å². The number of benzene rings is 2. The molecule has 1 amide bonds. The second kappa shape index (κ2) is 8.41. The Labute approximate surface area is 159 Å². The Morgan fingerprint density at radius 1 is 1.22 bits per heavy atom. The number of nitrogens with one attached hydrogen (secondary N) is 1. The summed E-state index contributed by atoms with van der Waals surface area (Å²) in [6, 6.07) is 14.1. The lowest BCUT2D eigenvalue weighted by Crippen LogP contribution is -2.19. The Morgan fingerprint density at radius 3 is 2.67 bits per heavy atom. The van der Waals surface area contributed by atoms with Gasteiger partial charge >= 0.3 is 5.97 Å². The number of amides is 1. The number of ether oxygens (including phenoxy) is 2. The molecule has 1 fully saturated rings. The number of hydrogen-bond donors (Lipinski definition) is 2. The first-order valence-electron chi connectivity index (χ1n) is 7.92. The van der Waals surface area contributed by atoms with Gasteiger partial charge in [0.15, 0.2) is 11.8 Å². The molecule has 0 aliphatic carbocycles. The number of carboxylic acids is 1. The topological polar surface area (TPSA) is 97.2 Å². The molecule has 2 aromatic rings. The van der Waals surface area contributed by atoms with Crippen molar-refractivity contribution in [2.75, 3.05) is 13.7 Å². The van der Waals surface area contributed by atoms with E-state index in [0.717, 1.165) is 5.75 Å². The van der Waals surface area contributed by atoms with Crippen LogP contribution in [0.3, 0.4) is 0 Å². The minimum Gasteiger partial charge on any atom is -0.497 e. The Bertz CT molecular complexity index is 922. The molecular weight excluding hydrogens is 368 g/mol. The van der Waals surface area contributed by atoms with Crippen LogP contribution in [0.2, 0.25) is 0 Å². The van der Waals surface area contributed by atoms with Crippen LogP contribution >= 0.6 is 11.8 Å². The standard InChI is InChI=1S/C19H16N2O5S/c1-25-14-8-6-13(7-9-14)20-19-21-18(24)16(27-19)10-12-4-2-3-5-15(12)26-11-17(22)23/h2-10H,11H2,1H3,(H,22,23)(H,20,21,24)/b16-10+. The summed E-state index contributed by atoms with van der Waals surface area (Å²) < 4.78 is 10.4. The lowest BCUT2D eigenvalue weighted by atomic mass is 10.2. The van der Waals surface area contributed by atoms with Crippen molar-refractivity contribution in [3.05, 3.63) is 59.0 Å². The predicted octanol–water partition coefficient (Wildman–Crippen LogP) is 3.05. The molecule has 2 N–H and O–H groups in total. The highest BCUT2D eigenvalue weighted by molar-refractivity contribution is 8.18. The molecule has 0 radical (unpaired) electrons. The molecule has 8 heteroatoms. The molecule has 0 unspecified atom stereocenters. The van der Waals surface area contributed by atoms with E-state index < -0.39 is 12.6 Å². The number of carbonyl (C=O) groups excluding carboxylic acids is 1. The molecule has 1 heterocycles. The van der Waals surface area contributed by atoms with Crippen LogP contribution in [0.4, 0.5) is 5.69 Å². The molecule has 0 saturated carbocycles. The van der Waals surface area contributed by atoms with Gasteiger partial charge in [0.1, 0.15) is 11.5 Å². The van der Waals surface area contributed by atoms with Gasteiger partial charge in [0, 0.05) is 5.56 Å². The summed E-state index contributed by atoms with van der Waals surface area (Å²) in [4.78, 5) is 27.8. The highest BCUT2D eigenvalue weighted by atomic mass is 32.2. The zero-order chi connectivity index (χ0) is 19.2. The molecule has 1 saturated heterocycles. The Balaban J connectivity index is 1.79. The highest BCUT2D eigenvalue weighted by Gasteiger charge is 2.24. The van der Waals surface area contributed by atoms with Gasteiger partial charge in [-0.25, -0.2) is 9.79 Å². The smallest absolute Gasteiger partial charge is 0.341 e. The van der Waals surface area contributed by atoms with E-state index in [1.54, 1.807) is 61.7 Å². The summed E-state index contributed by atoms with van der Waals surface area (Å²) >= 11 is 1.20. The van der Waals surface area contributed by atoms with Crippen molar-refractivity contribution in [2.24, 2.45) is 4.99 Å². The summed E-state index contributed by atoms with van der Waals surface area (Å²) in [6.07, 6.45) is 1.65. The Morgan fingerprint density at radius 2 is 1.96 bits per heavy atom. The summed E-state index contributed by atoms with van der Waals surface area (Å²) in [6.45, 7) is -0.455. The molecule has 2 aromatic carbocycles. The van der Waals surface area contributed by atoms with Gasteiger partial charge in [0.2, 0.25) is 0 Å². The average molecular weight is 384 g/mol. The highest BCUT2D eigenvalue weighted by Crippen LogP contribution is 2.30. The third kappa shape index (κ3) is 4.89. The van der Waals surface area contributed by atoms with Gasteiger partial charge in [-0.05, 0) is 48.2 Å². The van der Waals surface area contributed by atoms with Crippen molar-refractivity contribution >= 4 is 40.6 Å².